The molecule has 0 saturated carbocycles. The van der Waals surface area contributed by atoms with E-state index >= 15 is 0 Å². The third-order valence-electron chi connectivity index (χ3n) is 4.27. The number of sulfonamides is 1. The molecule has 1 aliphatic rings. The molecule has 1 aromatic carbocycles. The van der Waals surface area contributed by atoms with Crippen LogP contribution in [0.4, 0.5) is 9.18 Å². The summed E-state index contributed by atoms with van der Waals surface area (Å²) in [7, 11) is -3.57. The van der Waals surface area contributed by atoms with E-state index in [4.69, 9.17) is 11.6 Å². The summed E-state index contributed by atoms with van der Waals surface area (Å²) in [5.74, 6) is -0.291. The summed E-state index contributed by atoms with van der Waals surface area (Å²) in [4.78, 5) is 13.8. The SMILES string of the molecule is O=C(NCCc1ccc(F)cc1)N1CCN(S(=O)(=O)c2ccc(Cl)s2)CC1. The Morgan fingerprint density at radius 1 is 1.11 bits per heavy atom. The average Bonchev–Trinajstić information content (AvgIpc) is 3.10. The lowest BCUT2D eigenvalue weighted by Crippen LogP contribution is -2.53. The minimum atomic E-state index is -3.57. The number of halogens is 2. The number of carbonyl (C=O) groups excluding carboxylic acids is 1. The number of carbonyl (C=O) groups is 1. The summed E-state index contributed by atoms with van der Waals surface area (Å²) >= 11 is 6.85. The Balaban J connectivity index is 1.47. The van der Waals surface area contributed by atoms with E-state index in [2.05, 4.69) is 5.32 Å². The fraction of sp³-hybridized carbons (Fsp3) is 0.353. The molecular weight excluding hydrogens is 413 g/mol. The van der Waals surface area contributed by atoms with Gasteiger partial charge in [-0.25, -0.2) is 17.6 Å². The van der Waals surface area contributed by atoms with Crippen LogP contribution in [0, 0.1) is 5.82 Å². The van der Waals surface area contributed by atoms with E-state index in [-0.39, 0.29) is 29.1 Å². The number of hydrogen-bond donors (Lipinski definition) is 1. The first-order valence-corrected chi connectivity index (χ1v) is 11.0. The molecule has 27 heavy (non-hydrogen) atoms. The number of urea groups is 1. The van der Waals surface area contributed by atoms with E-state index in [9.17, 15) is 17.6 Å². The summed E-state index contributed by atoms with van der Waals surface area (Å²) in [5.41, 5.74) is 0.933. The van der Waals surface area contributed by atoms with Crippen LogP contribution in [0.15, 0.2) is 40.6 Å². The van der Waals surface area contributed by atoms with Gasteiger partial charge in [0.2, 0.25) is 0 Å². The van der Waals surface area contributed by atoms with Crippen LogP contribution in [-0.4, -0.2) is 56.4 Å². The maximum absolute atomic E-state index is 12.9. The number of rotatable bonds is 5. The molecule has 3 rings (SSSR count). The van der Waals surface area contributed by atoms with Gasteiger partial charge >= 0.3 is 6.03 Å². The zero-order chi connectivity index (χ0) is 19.4. The minimum Gasteiger partial charge on any atom is -0.338 e. The van der Waals surface area contributed by atoms with Gasteiger partial charge in [0.1, 0.15) is 10.0 Å². The van der Waals surface area contributed by atoms with Crippen LogP contribution < -0.4 is 5.32 Å². The third kappa shape index (κ3) is 4.98. The highest BCUT2D eigenvalue weighted by Crippen LogP contribution is 2.28. The molecule has 6 nitrogen and oxygen atoms in total. The highest BCUT2D eigenvalue weighted by atomic mass is 35.5. The Bertz CT molecular complexity index is 894. The molecule has 1 aromatic heterocycles. The van der Waals surface area contributed by atoms with Crippen LogP contribution in [0.3, 0.4) is 0 Å². The number of nitrogens with one attached hydrogen (secondary N) is 1. The van der Waals surface area contributed by atoms with Crippen molar-refractivity contribution in [1.29, 1.82) is 0 Å². The molecule has 0 aliphatic carbocycles. The van der Waals surface area contributed by atoms with Gasteiger partial charge < -0.3 is 10.2 Å². The first kappa shape index (κ1) is 20.1. The van der Waals surface area contributed by atoms with Crippen LogP contribution in [0.1, 0.15) is 5.56 Å². The molecule has 0 bridgehead atoms. The molecule has 0 radical (unpaired) electrons. The lowest BCUT2D eigenvalue weighted by Gasteiger charge is -2.33. The van der Waals surface area contributed by atoms with Gasteiger partial charge in [-0.3, -0.25) is 0 Å². The number of benzene rings is 1. The number of piperazine rings is 1. The predicted molar refractivity (Wildman–Crippen MR) is 103 cm³/mol. The third-order valence-corrected chi connectivity index (χ3v) is 7.87. The molecule has 0 spiro atoms. The Kier molecular flexibility index (Phi) is 6.36. The molecule has 1 N–H and O–H groups in total. The first-order chi connectivity index (χ1) is 12.9. The van der Waals surface area contributed by atoms with Gasteiger partial charge in [0.05, 0.1) is 4.34 Å². The van der Waals surface area contributed by atoms with Crippen molar-refractivity contribution >= 4 is 39.0 Å². The zero-order valence-corrected chi connectivity index (χ0v) is 16.8. The van der Waals surface area contributed by atoms with Gasteiger partial charge in [0, 0.05) is 32.7 Å². The summed E-state index contributed by atoms with van der Waals surface area (Å²) in [6.07, 6.45) is 0.597. The molecule has 2 heterocycles. The van der Waals surface area contributed by atoms with Gasteiger partial charge in [-0.15, -0.1) is 11.3 Å². The van der Waals surface area contributed by atoms with E-state index in [0.29, 0.717) is 30.4 Å². The maximum atomic E-state index is 12.9. The van der Waals surface area contributed by atoms with E-state index in [0.717, 1.165) is 16.9 Å². The highest BCUT2D eigenvalue weighted by molar-refractivity contribution is 7.91. The average molecular weight is 432 g/mol. The number of hydrogen-bond acceptors (Lipinski definition) is 4. The molecule has 1 aliphatic heterocycles. The number of amides is 2. The topological polar surface area (TPSA) is 69.7 Å². The largest absolute Gasteiger partial charge is 0.338 e. The molecule has 2 aromatic rings. The summed E-state index contributed by atoms with van der Waals surface area (Å²) < 4.78 is 40.0. The second-order valence-corrected chi connectivity index (χ2v) is 9.94. The van der Waals surface area contributed by atoms with Crippen LogP contribution >= 0.6 is 22.9 Å². The second kappa shape index (κ2) is 8.55. The predicted octanol–water partition coefficient (Wildman–Crippen LogP) is 2.80. The van der Waals surface area contributed by atoms with Crippen LogP contribution in [0.2, 0.25) is 4.34 Å². The van der Waals surface area contributed by atoms with Crippen LogP contribution in [0.5, 0.6) is 0 Å². The fourth-order valence-corrected chi connectivity index (χ4v) is 5.83. The van der Waals surface area contributed by atoms with Gasteiger partial charge in [-0.05, 0) is 36.2 Å². The van der Waals surface area contributed by atoms with Crippen LogP contribution in [-0.2, 0) is 16.4 Å². The van der Waals surface area contributed by atoms with Gasteiger partial charge in [0.15, 0.2) is 0 Å². The number of nitrogens with zero attached hydrogens (tertiary/aromatic N) is 2. The van der Waals surface area contributed by atoms with Crippen molar-refractivity contribution in [1.82, 2.24) is 14.5 Å². The van der Waals surface area contributed by atoms with E-state index in [1.54, 1.807) is 23.1 Å². The Morgan fingerprint density at radius 3 is 2.37 bits per heavy atom. The summed E-state index contributed by atoms with van der Waals surface area (Å²) in [5, 5.41) is 2.81. The summed E-state index contributed by atoms with van der Waals surface area (Å²) in [6, 6.07) is 8.97. The Hall–Kier alpha value is -1.68. The first-order valence-electron chi connectivity index (χ1n) is 8.39. The Labute approximate surface area is 166 Å². The fourth-order valence-electron chi connectivity index (χ4n) is 2.77. The smallest absolute Gasteiger partial charge is 0.317 e. The van der Waals surface area contributed by atoms with Crippen molar-refractivity contribution in [3.8, 4) is 0 Å². The van der Waals surface area contributed by atoms with Crippen molar-refractivity contribution in [2.24, 2.45) is 0 Å². The molecule has 1 fully saturated rings. The number of thiophene rings is 1. The minimum absolute atomic E-state index is 0.213. The quantitative estimate of drug-likeness (QED) is 0.791. The standard InChI is InChI=1S/C17H19ClFN3O3S2/c18-15-5-6-16(26-15)27(24,25)22-11-9-21(10-12-22)17(23)20-8-7-13-1-3-14(19)4-2-13/h1-6H,7-12H2,(H,20,23). The van der Waals surface area contributed by atoms with Crippen molar-refractivity contribution in [3.05, 3.63) is 52.1 Å². The molecule has 2 amide bonds. The molecule has 10 heteroatoms. The van der Waals surface area contributed by atoms with Crippen molar-refractivity contribution in [2.75, 3.05) is 32.7 Å². The zero-order valence-electron chi connectivity index (χ0n) is 14.4. The van der Waals surface area contributed by atoms with Crippen LogP contribution in [0.25, 0.3) is 0 Å². The lowest BCUT2D eigenvalue weighted by molar-refractivity contribution is 0.172. The second-order valence-electron chi connectivity index (χ2n) is 6.06. The maximum Gasteiger partial charge on any atom is 0.317 e. The normalized spacial score (nSPS) is 15.7. The highest BCUT2D eigenvalue weighted by Gasteiger charge is 2.31. The molecule has 0 unspecified atom stereocenters. The molecule has 0 atom stereocenters. The van der Waals surface area contributed by atoms with Crippen molar-refractivity contribution < 1.29 is 17.6 Å². The van der Waals surface area contributed by atoms with Gasteiger partial charge in [-0.1, -0.05) is 23.7 Å². The molecular formula is C17H19ClFN3O3S2. The molecule has 1 saturated heterocycles. The molecule has 146 valence electrons. The van der Waals surface area contributed by atoms with E-state index < -0.39 is 10.0 Å². The van der Waals surface area contributed by atoms with Gasteiger partial charge in [0.25, 0.3) is 10.0 Å². The monoisotopic (exact) mass is 431 g/mol. The van der Waals surface area contributed by atoms with Crippen molar-refractivity contribution in [3.63, 3.8) is 0 Å². The van der Waals surface area contributed by atoms with E-state index in [1.807, 2.05) is 0 Å². The van der Waals surface area contributed by atoms with Gasteiger partial charge in [-0.2, -0.15) is 4.31 Å². The Morgan fingerprint density at radius 2 is 1.78 bits per heavy atom. The van der Waals surface area contributed by atoms with Crippen molar-refractivity contribution in [2.45, 2.75) is 10.6 Å². The lowest BCUT2D eigenvalue weighted by atomic mass is 10.1. The van der Waals surface area contributed by atoms with E-state index in [1.165, 1.54) is 22.5 Å². The summed E-state index contributed by atoms with van der Waals surface area (Å²) in [6.45, 7) is 1.55.